The Morgan fingerprint density at radius 2 is 2.28 bits per heavy atom. The molecule has 1 aliphatic rings. The number of ether oxygens (including phenoxy) is 1. The van der Waals surface area contributed by atoms with Crippen LogP contribution in [0.15, 0.2) is 41.8 Å². The van der Waals surface area contributed by atoms with Crippen molar-refractivity contribution in [2.75, 3.05) is 13.2 Å². The fourth-order valence-electron chi connectivity index (χ4n) is 3.43. The Hall–Kier alpha value is -2.11. The van der Waals surface area contributed by atoms with E-state index in [1.165, 1.54) is 11.1 Å². The molecule has 2 aromatic heterocycles. The zero-order valence-corrected chi connectivity index (χ0v) is 15.1. The lowest BCUT2D eigenvalue weighted by Crippen LogP contribution is -2.33. The van der Waals surface area contributed by atoms with E-state index in [1.807, 2.05) is 6.07 Å². The van der Waals surface area contributed by atoms with Crippen LogP contribution >= 0.6 is 11.3 Å². The molecule has 5 heteroatoms. The average molecular weight is 354 g/mol. The molecule has 4 rings (SSSR count). The molecule has 3 aromatic rings. The molecule has 25 heavy (non-hydrogen) atoms. The molecule has 1 atom stereocenters. The number of fused-ring (bicyclic) bond motifs is 1. The molecule has 0 unspecified atom stereocenters. The summed E-state index contributed by atoms with van der Waals surface area (Å²) in [5.41, 5.74) is 4.28. The Kier molecular flexibility index (Phi) is 4.59. The molecule has 1 fully saturated rings. The number of amides is 1. The van der Waals surface area contributed by atoms with E-state index < -0.39 is 0 Å². The van der Waals surface area contributed by atoms with E-state index >= 15 is 0 Å². The molecule has 3 heterocycles. The molecule has 1 N–H and O–H groups in total. The average Bonchev–Trinajstić information content (AvgIpc) is 3.31. The van der Waals surface area contributed by atoms with Crippen molar-refractivity contribution in [3.63, 3.8) is 0 Å². The third-order valence-corrected chi connectivity index (χ3v) is 5.55. The van der Waals surface area contributed by atoms with Gasteiger partial charge in [-0.05, 0) is 42.8 Å². The highest BCUT2D eigenvalue weighted by Crippen LogP contribution is 2.26. The van der Waals surface area contributed by atoms with Crippen molar-refractivity contribution < 1.29 is 9.53 Å². The first-order valence-corrected chi connectivity index (χ1v) is 9.61. The number of carbonyl (C=O) groups is 1. The van der Waals surface area contributed by atoms with Crippen LogP contribution in [0.3, 0.4) is 0 Å². The second-order valence-electron chi connectivity index (χ2n) is 6.62. The summed E-state index contributed by atoms with van der Waals surface area (Å²) in [6.07, 6.45) is 2.27. The topological polar surface area (TPSA) is 43.3 Å². The maximum Gasteiger partial charge on any atom is 0.268 e. The molecule has 0 radical (unpaired) electrons. The zero-order chi connectivity index (χ0) is 17.2. The number of aromatic nitrogens is 1. The summed E-state index contributed by atoms with van der Waals surface area (Å²) in [5, 5.41) is 5.12. The van der Waals surface area contributed by atoms with Crippen molar-refractivity contribution in [3.8, 4) is 0 Å². The summed E-state index contributed by atoms with van der Waals surface area (Å²) < 4.78 is 8.87. The van der Waals surface area contributed by atoms with E-state index in [-0.39, 0.29) is 12.0 Å². The van der Waals surface area contributed by atoms with Crippen LogP contribution in [0.4, 0.5) is 0 Å². The van der Waals surface area contributed by atoms with Crippen molar-refractivity contribution in [2.24, 2.45) is 0 Å². The minimum Gasteiger partial charge on any atom is -0.376 e. The lowest BCUT2D eigenvalue weighted by Gasteiger charge is -2.13. The molecule has 0 spiro atoms. The van der Waals surface area contributed by atoms with E-state index in [0.717, 1.165) is 35.4 Å². The third-order valence-electron chi connectivity index (χ3n) is 4.69. The van der Waals surface area contributed by atoms with Crippen LogP contribution in [0, 0.1) is 6.92 Å². The zero-order valence-electron chi connectivity index (χ0n) is 14.3. The van der Waals surface area contributed by atoms with E-state index in [2.05, 4.69) is 52.5 Å². The summed E-state index contributed by atoms with van der Waals surface area (Å²) in [4.78, 5) is 12.8. The van der Waals surface area contributed by atoms with Gasteiger partial charge in [0.2, 0.25) is 0 Å². The van der Waals surface area contributed by atoms with Crippen molar-refractivity contribution >= 4 is 27.5 Å². The van der Waals surface area contributed by atoms with Crippen LogP contribution in [0.1, 0.15) is 34.5 Å². The molecular formula is C20H22N2O2S. The standard InChI is InChI=1S/C20H22N2O2S/c1-14-4-2-5-15(10-14)13-22-17-7-9-25-19(17)11-18(22)20(23)21-12-16-6-3-8-24-16/h2,4-5,7,9-11,16H,3,6,8,12-13H2,1H3,(H,21,23)/t16-/m1/s1. The van der Waals surface area contributed by atoms with Crippen molar-refractivity contribution in [2.45, 2.75) is 32.4 Å². The molecule has 1 aliphatic heterocycles. The first kappa shape index (κ1) is 16.4. The second-order valence-corrected chi connectivity index (χ2v) is 7.57. The van der Waals surface area contributed by atoms with Crippen molar-refractivity contribution in [1.29, 1.82) is 0 Å². The van der Waals surface area contributed by atoms with Gasteiger partial charge in [-0.3, -0.25) is 4.79 Å². The van der Waals surface area contributed by atoms with Gasteiger partial charge in [0.25, 0.3) is 5.91 Å². The van der Waals surface area contributed by atoms with Gasteiger partial charge in [0, 0.05) is 19.7 Å². The fourth-order valence-corrected chi connectivity index (χ4v) is 4.25. The highest BCUT2D eigenvalue weighted by Gasteiger charge is 2.20. The van der Waals surface area contributed by atoms with Crippen LogP contribution in [0.5, 0.6) is 0 Å². The number of hydrogen-bond acceptors (Lipinski definition) is 3. The number of benzene rings is 1. The summed E-state index contributed by atoms with van der Waals surface area (Å²) in [5.74, 6) is -0.0217. The summed E-state index contributed by atoms with van der Waals surface area (Å²) in [7, 11) is 0. The van der Waals surface area contributed by atoms with E-state index in [4.69, 9.17) is 4.74 Å². The third kappa shape index (κ3) is 3.48. The lowest BCUT2D eigenvalue weighted by molar-refractivity contribution is 0.0851. The van der Waals surface area contributed by atoms with Gasteiger partial charge in [0.05, 0.1) is 16.3 Å². The van der Waals surface area contributed by atoms with Crippen molar-refractivity contribution in [1.82, 2.24) is 9.88 Å². The van der Waals surface area contributed by atoms with Gasteiger partial charge in [0.15, 0.2) is 0 Å². The Morgan fingerprint density at radius 3 is 3.08 bits per heavy atom. The smallest absolute Gasteiger partial charge is 0.268 e. The number of nitrogens with zero attached hydrogens (tertiary/aromatic N) is 1. The van der Waals surface area contributed by atoms with Crippen LogP contribution < -0.4 is 5.32 Å². The highest BCUT2D eigenvalue weighted by molar-refractivity contribution is 7.17. The Morgan fingerprint density at radius 1 is 1.36 bits per heavy atom. The number of carbonyl (C=O) groups excluding carboxylic acids is 1. The quantitative estimate of drug-likeness (QED) is 0.753. The van der Waals surface area contributed by atoms with E-state index in [0.29, 0.717) is 13.1 Å². The largest absolute Gasteiger partial charge is 0.376 e. The minimum atomic E-state index is -0.0217. The van der Waals surface area contributed by atoms with Crippen LogP contribution in [0.25, 0.3) is 10.2 Å². The molecule has 1 saturated heterocycles. The highest BCUT2D eigenvalue weighted by atomic mass is 32.1. The normalized spacial score (nSPS) is 17.2. The molecule has 0 saturated carbocycles. The van der Waals surface area contributed by atoms with Gasteiger partial charge in [-0.1, -0.05) is 29.8 Å². The van der Waals surface area contributed by atoms with E-state index in [1.54, 1.807) is 11.3 Å². The molecular weight excluding hydrogens is 332 g/mol. The van der Waals surface area contributed by atoms with Gasteiger partial charge in [0.1, 0.15) is 5.69 Å². The predicted molar refractivity (Wildman–Crippen MR) is 101 cm³/mol. The monoisotopic (exact) mass is 354 g/mol. The number of aryl methyl sites for hydroxylation is 1. The number of hydrogen-bond donors (Lipinski definition) is 1. The molecule has 4 nitrogen and oxygen atoms in total. The van der Waals surface area contributed by atoms with E-state index in [9.17, 15) is 4.79 Å². The van der Waals surface area contributed by atoms with Crippen LogP contribution in [-0.4, -0.2) is 29.7 Å². The van der Waals surface area contributed by atoms with Gasteiger partial charge >= 0.3 is 0 Å². The van der Waals surface area contributed by atoms with Gasteiger partial charge in [-0.25, -0.2) is 0 Å². The maximum atomic E-state index is 12.8. The molecule has 0 aliphatic carbocycles. The number of rotatable bonds is 5. The predicted octanol–water partition coefficient (Wildman–Crippen LogP) is 3.97. The summed E-state index contributed by atoms with van der Waals surface area (Å²) in [6.45, 7) is 4.18. The SMILES string of the molecule is Cc1cccc(Cn2c(C(=O)NC[C@H]3CCCO3)cc3sccc32)c1. The Bertz CT molecular complexity index is 890. The lowest BCUT2D eigenvalue weighted by atomic mass is 10.1. The van der Waals surface area contributed by atoms with Gasteiger partial charge in [-0.15, -0.1) is 11.3 Å². The number of thiophene rings is 1. The first-order chi connectivity index (χ1) is 12.2. The fraction of sp³-hybridized carbons (Fsp3) is 0.350. The van der Waals surface area contributed by atoms with Crippen LogP contribution in [-0.2, 0) is 11.3 Å². The van der Waals surface area contributed by atoms with Gasteiger partial charge < -0.3 is 14.6 Å². The minimum absolute atomic E-state index is 0.0217. The summed E-state index contributed by atoms with van der Waals surface area (Å²) >= 11 is 1.67. The molecule has 1 amide bonds. The Labute approximate surface area is 151 Å². The maximum absolute atomic E-state index is 12.8. The second kappa shape index (κ2) is 7.02. The first-order valence-electron chi connectivity index (χ1n) is 8.73. The van der Waals surface area contributed by atoms with Crippen LogP contribution in [0.2, 0.25) is 0 Å². The molecule has 1 aromatic carbocycles. The molecule has 0 bridgehead atoms. The molecule has 130 valence electrons. The van der Waals surface area contributed by atoms with Crippen molar-refractivity contribution in [3.05, 3.63) is 58.6 Å². The Balaban J connectivity index is 1.59. The summed E-state index contributed by atoms with van der Waals surface area (Å²) in [6, 6.07) is 12.5. The number of nitrogens with one attached hydrogen (secondary N) is 1. The van der Waals surface area contributed by atoms with Gasteiger partial charge in [-0.2, -0.15) is 0 Å².